The van der Waals surface area contributed by atoms with Gasteiger partial charge < -0.3 is 14.2 Å². The summed E-state index contributed by atoms with van der Waals surface area (Å²) in [5.74, 6) is 2.01. The Balaban J connectivity index is 1.44. The summed E-state index contributed by atoms with van der Waals surface area (Å²) >= 11 is 6.15. The van der Waals surface area contributed by atoms with E-state index < -0.39 is 0 Å². The van der Waals surface area contributed by atoms with E-state index in [9.17, 15) is 4.79 Å². The first-order chi connectivity index (χ1) is 14.7. The summed E-state index contributed by atoms with van der Waals surface area (Å²) in [6.07, 6.45) is 4.15. The molecule has 0 radical (unpaired) electrons. The Morgan fingerprint density at radius 3 is 2.80 bits per heavy atom. The number of carbonyl (C=O) groups is 1. The molecule has 0 saturated carbocycles. The van der Waals surface area contributed by atoms with Gasteiger partial charge in [0.2, 0.25) is 5.91 Å². The zero-order chi connectivity index (χ0) is 20.9. The third-order valence-electron chi connectivity index (χ3n) is 5.48. The lowest BCUT2D eigenvalue weighted by Crippen LogP contribution is -2.25. The van der Waals surface area contributed by atoms with E-state index in [0.717, 1.165) is 42.0 Å². The number of unbranched alkanes of at least 4 members (excludes halogenated alkanes) is 1. The minimum Gasteiger partial charge on any atom is -0.492 e. The minimum atomic E-state index is 0.115. The van der Waals surface area contributed by atoms with E-state index >= 15 is 0 Å². The Hall–Kier alpha value is -2.79. The van der Waals surface area contributed by atoms with Gasteiger partial charge in [-0.25, -0.2) is 4.98 Å². The molecule has 3 aromatic rings. The standard InChI is InChI=1S/C24H26ClN3O2/c1-2-13-27-17-18(16-23(27)29)24-26-20-10-4-5-11-21(20)28(24)14-7-8-15-30-22-12-6-3-9-19(22)25/h2-6,9-12,18H,1,7-8,13-17H2. The number of halogens is 1. The third-order valence-corrected chi connectivity index (χ3v) is 5.80. The van der Waals surface area contributed by atoms with Gasteiger partial charge in [-0.1, -0.05) is 41.9 Å². The number of aryl methyl sites for hydroxylation is 1. The van der Waals surface area contributed by atoms with Gasteiger partial charge in [-0.3, -0.25) is 4.79 Å². The van der Waals surface area contributed by atoms with E-state index in [0.29, 0.717) is 31.1 Å². The number of aromatic nitrogens is 2. The Morgan fingerprint density at radius 2 is 1.97 bits per heavy atom. The number of hydrogen-bond acceptors (Lipinski definition) is 3. The quantitative estimate of drug-likeness (QED) is 0.357. The van der Waals surface area contributed by atoms with E-state index in [4.69, 9.17) is 21.3 Å². The van der Waals surface area contributed by atoms with Crippen LogP contribution in [0.25, 0.3) is 11.0 Å². The Bertz CT molecular complexity index is 1050. The van der Waals surface area contributed by atoms with Crippen LogP contribution in [0, 0.1) is 0 Å². The second-order valence-electron chi connectivity index (χ2n) is 7.58. The molecule has 5 nitrogen and oxygen atoms in total. The predicted octanol–water partition coefficient (Wildman–Crippen LogP) is 5.05. The van der Waals surface area contributed by atoms with E-state index in [1.165, 1.54) is 0 Å². The highest BCUT2D eigenvalue weighted by Crippen LogP contribution is 2.30. The fraction of sp³-hybridized carbons (Fsp3) is 0.333. The molecule has 0 bridgehead atoms. The van der Waals surface area contributed by atoms with Crippen molar-refractivity contribution in [2.24, 2.45) is 0 Å². The van der Waals surface area contributed by atoms with Crippen molar-refractivity contribution < 1.29 is 9.53 Å². The Morgan fingerprint density at radius 1 is 1.17 bits per heavy atom. The molecule has 6 heteroatoms. The maximum Gasteiger partial charge on any atom is 0.223 e. The maximum absolute atomic E-state index is 12.3. The zero-order valence-corrected chi connectivity index (χ0v) is 17.7. The smallest absolute Gasteiger partial charge is 0.223 e. The lowest BCUT2D eigenvalue weighted by atomic mass is 10.1. The van der Waals surface area contributed by atoms with E-state index in [1.807, 2.05) is 47.4 Å². The van der Waals surface area contributed by atoms with Crippen LogP contribution in [0.15, 0.2) is 61.2 Å². The van der Waals surface area contributed by atoms with Crippen molar-refractivity contribution in [2.45, 2.75) is 31.7 Å². The summed E-state index contributed by atoms with van der Waals surface area (Å²) in [6.45, 7) is 6.50. The number of fused-ring (bicyclic) bond motifs is 1. The van der Waals surface area contributed by atoms with Gasteiger partial charge in [0.25, 0.3) is 0 Å². The maximum atomic E-state index is 12.3. The Kier molecular flexibility index (Phi) is 6.38. The number of nitrogens with zero attached hydrogens (tertiary/aromatic N) is 3. The van der Waals surface area contributed by atoms with Crippen molar-refractivity contribution in [1.82, 2.24) is 14.5 Å². The number of likely N-dealkylation sites (tertiary alicyclic amines) is 1. The van der Waals surface area contributed by atoms with Crippen LogP contribution in [0.1, 0.15) is 31.0 Å². The SMILES string of the molecule is C=CCN1CC(c2nc3ccccc3n2CCCCOc2ccccc2Cl)CC1=O. The van der Waals surface area contributed by atoms with Crippen LogP contribution in [0.4, 0.5) is 0 Å². The molecule has 1 aliphatic rings. The molecule has 1 saturated heterocycles. The lowest BCUT2D eigenvalue weighted by Gasteiger charge is -2.16. The second kappa shape index (κ2) is 9.35. The molecule has 2 heterocycles. The normalized spacial score (nSPS) is 16.4. The summed E-state index contributed by atoms with van der Waals surface area (Å²) in [6, 6.07) is 15.7. The van der Waals surface area contributed by atoms with Crippen molar-refractivity contribution in [3.63, 3.8) is 0 Å². The van der Waals surface area contributed by atoms with Crippen LogP contribution in [-0.2, 0) is 11.3 Å². The van der Waals surface area contributed by atoms with E-state index in [1.54, 1.807) is 6.08 Å². The third kappa shape index (κ3) is 4.36. The molecule has 30 heavy (non-hydrogen) atoms. The monoisotopic (exact) mass is 423 g/mol. The van der Waals surface area contributed by atoms with E-state index in [-0.39, 0.29) is 11.8 Å². The zero-order valence-electron chi connectivity index (χ0n) is 17.0. The fourth-order valence-corrected chi connectivity index (χ4v) is 4.22. The molecule has 1 atom stereocenters. The van der Waals surface area contributed by atoms with Gasteiger partial charge in [-0.15, -0.1) is 6.58 Å². The first-order valence-electron chi connectivity index (χ1n) is 10.4. The van der Waals surface area contributed by atoms with Gasteiger partial charge in [-0.2, -0.15) is 0 Å². The summed E-state index contributed by atoms with van der Waals surface area (Å²) in [5, 5.41) is 0.635. The van der Waals surface area contributed by atoms with Crippen LogP contribution in [0.2, 0.25) is 5.02 Å². The molecule has 1 aromatic heterocycles. The van der Waals surface area contributed by atoms with Gasteiger partial charge in [0.1, 0.15) is 11.6 Å². The fourth-order valence-electron chi connectivity index (χ4n) is 4.03. The van der Waals surface area contributed by atoms with Gasteiger partial charge >= 0.3 is 0 Å². The largest absolute Gasteiger partial charge is 0.492 e. The van der Waals surface area contributed by atoms with Crippen molar-refractivity contribution >= 4 is 28.5 Å². The number of amides is 1. The molecule has 156 valence electrons. The van der Waals surface area contributed by atoms with Crippen LogP contribution in [-0.4, -0.2) is 40.1 Å². The van der Waals surface area contributed by atoms with Crippen molar-refractivity contribution in [3.05, 3.63) is 72.0 Å². The van der Waals surface area contributed by atoms with Gasteiger partial charge in [0, 0.05) is 32.0 Å². The van der Waals surface area contributed by atoms with E-state index in [2.05, 4.69) is 17.2 Å². The summed E-state index contributed by atoms with van der Waals surface area (Å²) in [4.78, 5) is 19.1. The molecule has 0 aliphatic carbocycles. The topological polar surface area (TPSA) is 47.4 Å². The minimum absolute atomic E-state index is 0.115. The molecule has 2 aromatic carbocycles. The molecule has 1 aliphatic heterocycles. The highest BCUT2D eigenvalue weighted by molar-refractivity contribution is 6.32. The molecule has 1 amide bonds. The number of carbonyl (C=O) groups excluding carboxylic acids is 1. The van der Waals surface area contributed by atoms with Gasteiger partial charge in [0.15, 0.2) is 0 Å². The summed E-state index contributed by atoms with van der Waals surface area (Å²) in [5.41, 5.74) is 2.10. The number of imidazole rings is 1. The molecule has 0 N–H and O–H groups in total. The number of ether oxygens (including phenoxy) is 1. The highest BCUT2D eigenvalue weighted by atomic mass is 35.5. The number of para-hydroxylation sites is 3. The second-order valence-corrected chi connectivity index (χ2v) is 7.99. The lowest BCUT2D eigenvalue weighted by molar-refractivity contribution is -0.127. The molecule has 1 unspecified atom stereocenters. The first-order valence-corrected chi connectivity index (χ1v) is 10.8. The highest BCUT2D eigenvalue weighted by Gasteiger charge is 2.33. The average molecular weight is 424 g/mol. The van der Waals surface area contributed by atoms with Crippen LogP contribution >= 0.6 is 11.6 Å². The van der Waals surface area contributed by atoms with Crippen molar-refractivity contribution in [2.75, 3.05) is 19.7 Å². The summed E-state index contributed by atoms with van der Waals surface area (Å²) in [7, 11) is 0. The van der Waals surface area contributed by atoms with Gasteiger partial charge in [0.05, 0.1) is 22.7 Å². The first kappa shape index (κ1) is 20.5. The van der Waals surface area contributed by atoms with Crippen LogP contribution < -0.4 is 4.74 Å². The molecule has 0 spiro atoms. The van der Waals surface area contributed by atoms with Crippen molar-refractivity contribution in [1.29, 1.82) is 0 Å². The molecule has 1 fully saturated rings. The Labute approximate surface area is 181 Å². The molecular formula is C24H26ClN3O2. The number of benzene rings is 2. The van der Waals surface area contributed by atoms with Crippen LogP contribution in [0.3, 0.4) is 0 Å². The summed E-state index contributed by atoms with van der Waals surface area (Å²) < 4.78 is 8.09. The van der Waals surface area contributed by atoms with Crippen molar-refractivity contribution in [3.8, 4) is 5.75 Å². The molecule has 4 rings (SSSR count). The number of hydrogen-bond donors (Lipinski definition) is 0. The predicted molar refractivity (Wildman–Crippen MR) is 120 cm³/mol. The number of rotatable bonds is 9. The molecular weight excluding hydrogens is 398 g/mol. The van der Waals surface area contributed by atoms with Crippen LogP contribution in [0.5, 0.6) is 5.75 Å². The average Bonchev–Trinajstić information content (AvgIpc) is 3.30. The van der Waals surface area contributed by atoms with Gasteiger partial charge in [-0.05, 0) is 37.1 Å².